The second-order valence-corrected chi connectivity index (χ2v) is 7.20. The predicted octanol–water partition coefficient (Wildman–Crippen LogP) is 2.74. The normalized spacial score (nSPS) is 16.1. The van der Waals surface area contributed by atoms with E-state index in [2.05, 4.69) is 20.2 Å². The van der Waals surface area contributed by atoms with Gasteiger partial charge in [-0.15, -0.1) is 5.10 Å². The van der Waals surface area contributed by atoms with Gasteiger partial charge in [0, 0.05) is 39.4 Å². The molecule has 0 N–H and O–H groups in total. The van der Waals surface area contributed by atoms with Gasteiger partial charge in [0.15, 0.2) is 11.6 Å². The number of aromatic nitrogens is 4. The smallest absolute Gasteiger partial charge is 0.257 e. The third-order valence-corrected chi connectivity index (χ3v) is 5.09. The molecule has 1 fully saturated rings. The van der Waals surface area contributed by atoms with Crippen LogP contribution in [0.3, 0.4) is 0 Å². The lowest BCUT2D eigenvalue weighted by Gasteiger charge is -2.29. The van der Waals surface area contributed by atoms with E-state index in [9.17, 15) is 4.79 Å². The highest BCUT2D eigenvalue weighted by Gasteiger charge is 2.29. The van der Waals surface area contributed by atoms with E-state index in [4.69, 9.17) is 4.74 Å². The monoisotopic (exact) mass is 392 g/mol. The minimum atomic E-state index is -0.0736. The van der Waals surface area contributed by atoms with Gasteiger partial charge in [-0.1, -0.05) is 12.1 Å². The lowest BCUT2D eigenvalue weighted by molar-refractivity contribution is 0.0784. The Hall–Kier alpha value is -3.42. The van der Waals surface area contributed by atoms with Crippen LogP contribution in [0.15, 0.2) is 55.0 Å². The van der Waals surface area contributed by atoms with Crippen LogP contribution in [0.1, 0.15) is 23.2 Å². The number of rotatable bonds is 6. The molecule has 1 amide bonds. The molecular formula is C21H24N6O2. The Bertz CT molecular complexity index is 974. The molecule has 0 aliphatic carbocycles. The zero-order valence-corrected chi connectivity index (χ0v) is 16.6. The number of anilines is 1. The number of amides is 1. The fraction of sp³-hybridized carbons (Fsp3) is 0.333. The highest BCUT2D eigenvalue weighted by molar-refractivity contribution is 5.97. The molecule has 4 rings (SSSR count). The first kappa shape index (κ1) is 18.9. The lowest BCUT2D eigenvalue weighted by atomic mass is 10.1. The molecule has 1 atom stereocenters. The molecule has 2 aromatic heterocycles. The molecule has 29 heavy (non-hydrogen) atoms. The average Bonchev–Trinajstić information content (AvgIpc) is 3.37. The standard InChI is InChI=1S/C21H24N6O2/c1-25(14-16-7-6-12-27(16)20-10-5-11-22-24-20)21(28)18-8-3-4-9-19(18)29-17-13-23-26(2)15-17/h3-5,8-11,13,15-16H,6-7,12,14H2,1-2H3. The van der Waals surface area contributed by atoms with Gasteiger partial charge in [0.05, 0.1) is 18.0 Å². The van der Waals surface area contributed by atoms with E-state index < -0.39 is 0 Å². The molecule has 150 valence electrons. The van der Waals surface area contributed by atoms with Gasteiger partial charge >= 0.3 is 0 Å². The fourth-order valence-corrected chi connectivity index (χ4v) is 3.69. The second-order valence-electron chi connectivity index (χ2n) is 7.20. The van der Waals surface area contributed by atoms with Gasteiger partial charge in [-0.2, -0.15) is 10.2 Å². The van der Waals surface area contributed by atoms with Crippen LogP contribution < -0.4 is 9.64 Å². The Morgan fingerprint density at radius 3 is 2.90 bits per heavy atom. The predicted molar refractivity (Wildman–Crippen MR) is 109 cm³/mol. The van der Waals surface area contributed by atoms with Crippen molar-refractivity contribution in [2.45, 2.75) is 18.9 Å². The maximum absolute atomic E-state index is 13.2. The van der Waals surface area contributed by atoms with Crippen molar-refractivity contribution in [3.05, 3.63) is 60.6 Å². The maximum Gasteiger partial charge on any atom is 0.257 e. The van der Waals surface area contributed by atoms with Crippen LogP contribution in [0.5, 0.6) is 11.5 Å². The van der Waals surface area contributed by atoms with Crippen LogP contribution >= 0.6 is 0 Å². The molecule has 0 spiro atoms. The van der Waals surface area contributed by atoms with Gasteiger partial charge in [-0.3, -0.25) is 9.48 Å². The van der Waals surface area contributed by atoms with Crippen LogP contribution in [-0.2, 0) is 7.05 Å². The van der Waals surface area contributed by atoms with Gasteiger partial charge in [-0.25, -0.2) is 0 Å². The summed E-state index contributed by atoms with van der Waals surface area (Å²) in [6.45, 7) is 1.53. The first-order valence-corrected chi connectivity index (χ1v) is 9.67. The topological polar surface area (TPSA) is 76.4 Å². The number of carbonyl (C=O) groups excluding carboxylic acids is 1. The largest absolute Gasteiger partial charge is 0.453 e. The van der Waals surface area contributed by atoms with Crippen molar-refractivity contribution in [1.82, 2.24) is 24.9 Å². The molecule has 1 aromatic carbocycles. The van der Waals surface area contributed by atoms with Crippen LogP contribution in [0.25, 0.3) is 0 Å². The Morgan fingerprint density at radius 1 is 1.28 bits per heavy atom. The van der Waals surface area contributed by atoms with E-state index in [-0.39, 0.29) is 11.9 Å². The number of likely N-dealkylation sites (N-methyl/N-ethyl adjacent to an activating group) is 1. The summed E-state index contributed by atoms with van der Waals surface area (Å²) in [5, 5.41) is 12.3. The Labute approximate surface area is 169 Å². The van der Waals surface area contributed by atoms with Crippen molar-refractivity contribution in [1.29, 1.82) is 0 Å². The van der Waals surface area contributed by atoms with Crippen LogP contribution in [-0.4, -0.2) is 57.0 Å². The van der Waals surface area contributed by atoms with E-state index in [1.807, 2.05) is 38.4 Å². The summed E-state index contributed by atoms with van der Waals surface area (Å²) in [6, 6.07) is 11.4. The number of nitrogens with zero attached hydrogens (tertiary/aromatic N) is 6. The van der Waals surface area contributed by atoms with Gasteiger partial charge < -0.3 is 14.5 Å². The third-order valence-electron chi connectivity index (χ3n) is 5.09. The third kappa shape index (κ3) is 4.21. The summed E-state index contributed by atoms with van der Waals surface area (Å²) < 4.78 is 7.56. The van der Waals surface area contributed by atoms with Crippen LogP contribution in [0.2, 0.25) is 0 Å². The summed E-state index contributed by atoms with van der Waals surface area (Å²) in [5.74, 6) is 1.90. The number of hydrogen-bond donors (Lipinski definition) is 0. The number of para-hydroxylation sites is 1. The number of aryl methyl sites for hydroxylation is 1. The fourth-order valence-electron chi connectivity index (χ4n) is 3.69. The van der Waals surface area contributed by atoms with E-state index >= 15 is 0 Å². The highest BCUT2D eigenvalue weighted by atomic mass is 16.5. The van der Waals surface area contributed by atoms with Crippen molar-refractivity contribution >= 4 is 11.7 Å². The summed E-state index contributed by atoms with van der Waals surface area (Å²) in [6.07, 6.45) is 7.15. The number of ether oxygens (including phenoxy) is 1. The summed E-state index contributed by atoms with van der Waals surface area (Å²) in [4.78, 5) is 17.2. The van der Waals surface area contributed by atoms with Gasteiger partial charge in [0.25, 0.3) is 5.91 Å². The molecule has 8 nitrogen and oxygen atoms in total. The van der Waals surface area contributed by atoms with Crippen LogP contribution in [0.4, 0.5) is 5.82 Å². The van der Waals surface area contributed by atoms with Crippen molar-refractivity contribution in [3.63, 3.8) is 0 Å². The molecule has 3 aromatic rings. The van der Waals surface area contributed by atoms with Gasteiger partial charge in [0.1, 0.15) is 5.75 Å². The molecule has 8 heteroatoms. The van der Waals surface area contributed by atoms with Crippen molar-refractivity contribution in [3.8, 4) is 11.5 Å². The summed E-state index contributed by atoms with van der Waals surface area (Å²) in [5.41, 5.74) is 0.530. The lowest BCUT2D eigenvalue weighted by Crippen LogP contribution is -2.41. The summed E-state index contributed by atoms with van der Waals surface area (Å²) in [7, 11) is 3.65. The minimum absolute atomic E-state index is 0.0736. The SMILES string of the molecule is CN(CC1CCCN1c1cccnn1)C(=O)c1ccccc1Oc1cnn(C)c1. The Morgan fingerprint density at radius 2 is 2.14 bits per heavy atom. The van der Waals surface area contributed by atoms with E-state index in [1.54, 1.807) is 40.3 Å². The zero-order valence-electron chi connectivity index (χ0n) is 16.6. The first-order chi connectivity index (χ1) is 14.1. The van der Waals surface area contributed by atoms with Crippen molar-refractivity contribution in [2.75, 3.05) is 25.0 Å². The molecule has 1 aliphatic rings. The quantitative estimate of drug-likeness (QED) is 0.642. The van der Waals surface area contributed by atoms with Crippen LogP contribution in [0, 0.1) is 0 Å². The van der Waals surface area contributed by atoms with Gasteiger partial charge in [-0.05, 0) is 37.1 Å². The molecule has 0 bridgehead atoms. The minimum Gasteiger partial charge on any atom is -0.453 e. The zero-order chi connectivity index (χ0) is 20.2. The molecule has 1 saturated heterocycles. The Kier molecular flexibility index (Phi) is 5.41. The second kappa shape index (κ2) is 8.30. The van der Waals surface area contributed by atoms with Crippen molar-refractivity contribution < 1.29 is 9.53 Å². The number of benzene rings is 1. The average molecular weight is 392 g/mol. The van der Waals surface area contributed by atoms with E-state index in [1.165, 1.54) is 0 Å². The van der Waals surface area contributed by atoms with Crippen molar-refractivity contribution in [2.24, 2.45) is 7.05 Å². The number of hydrogen-bond acceptors (Lipinski definition) is 6. The molecule has 3 heterocycles. The summed E-state index contributed by atoms with van der Waals surface area (Å²) >= 11 is 0. The Balaban J connectivity index is 1.48. The van der Waals surface area contributed by atoms with E-state index in [0.29, 0.717) is 23.6 Å². The molecule has 1 aliphatic heterocycles. The molecule has 1 unspecified atom stereocenters. The highest BCUT2D eigenvalue weighted by Crippen LogP contribution is 2.27. The number of carbonyl (C=O) groups is 1. The molecular weight excluding hydrogens is 368 g/mol. The van der Waals surface area contributed by atoms with Gasteiger partial charge in [0.2, 0.25) is 0 Å². The maximum atomic E-state index is 13.2. The molecule has 0 saturated carbocycles. The first-order valence-electron chi connectivity index (χ1n) is 9.67. The van der Waals surface area contributed by atoms with E-state index in [0.717, 1.165) is 25.2 Å². The molecule has 0 radical (unpaired) electrons.